The molecule has 1 saturated carbocycles. The summed E-state index contributed by atoms with van der Waals surface area (Å²) in [4.78, 5) is 3.97. The molecule has 0 aliphatic heterocycles. The van der Waals surface area contributed by atoms with Crippen LogP contribution in [-0.2, 0) is 0 Å². The Kier molecular flexibility index (Phi) is 4.49. The third kappa shape index (κ3) is 3.25. The van der Waals surface area contributed by atoms with E-state index in [-0.39, 0.29) is 11.9 Å². The summed E-state index contributed by atoms with van der Waals surface area (Å²) in [6, 6.07) is 1.90. The SMILES string of the molecule is CCCNC(c1cncc(F)c1)C1CCCC1. The van der Waals surface area contributed by atoms with Crippen LogP contribution in [0.5, 0.6) is 0 Å². The Morgan fingerprint density at radius 1 is 1.41 bits per heavy atom. The van der Waals surface area contributed by atoms with Crippen LogP contribution in [0.25, 0.3) is 0 Å². The average Bonchev–Trinajstić information content (AvgIpc) is 2.83. The highest BCUT2D eigenvalue weighted by molar-refractivity contribution is 5.16. The molecule has 0 aromatic carbocycles. The van der Waals surface area contributed by atoms with Gasteiger partial charge in [-0.15, -0.1) is 0 Å². The number of aromatic nitrogens is 1. The third-order valence-corrected chi connectivity index (χ3v) is 3.57. The second-order valence-corrected chi connectivity index (χ2v) is 4.91. The number of pyridine rings is 1. The zero-order chi connectivity index (χ0) is 12.1. The van der Waals surface area contributed by atoms with Gasteiger partial charge in [0.15, 0.2) is 0 Å². The minimum atomic E-state index is -0.233. The molecule has 3 heteroatoms. The second-order valence-electron chi connectivity index (χ2n) is 4.91. The molecule has 1 N–H and O–H groups in total. The normalized spacial score (nSPS) is 18.5. The summed E-state index contributed by atoms with van der Waals surface area (Å²) >= 11 is 0. The summed E-state index contributed by atoms with van der Waals surface area (Å²) in [5, 5.41) is 3.55. The number of rotatable bonds is 5. The fourth-order valence-corrected chi connectivity index (χ4v) is 2.75. The van der Waals surface area contributed by atoms with Crippen LogP contribution in [0.1, 0.15) is 50.6 Å². The minimum absolute atomic E-state index is 0.233. The molecule has 0 bridgehead atoms. The van der Waals surface area contributed by atoms with E-state index >= 15 is 0 Å². The van der Waals surface area contributed by atoms with Crippen LogP contribution in [0.4, 0.5) is 4.39 Å². The molecule has 0 saturated heterocycles. The predicted molar refractivity (Wildman–Crippen MR) is 67.2 cm³/mol. The maximum absolute atomic E-state index is 13.2. The van der Waals surface area contributed by atoms with Crippen LogP contribution in [-0.4, -0.2) is 11.5 Å². The molecule has 1 aromatic heterocycles. The molecule has 1 aromatic rings. The van der Waals surface area contributed by atoms with Crippen molar-refractivity contribution in [3.8, 4) is 0 Å². The number of halogens is 1. The first kappa shape index (κ1) is 12.5. The first-order valence-corrected chi connectivity index (χ1v) is 6.65. The summed E-state index contributed by atoms with van der Waals surface area (Å²) in [5.74, 6) is 0.411. The van der Waals surface area contributed by atoms with E-state index in [2.05, 4.69) is 17.2 Å². The van der Waals surface area contributed by atoms with E-state index < -0.39 is 0 Å². The first-order chi connectivity index (χ1) is 8.31. The van der Waals surface area contributed by atoms with Gasteiger partial charge in [-0.2, -0.15) is 0 Å². The molecule has 17 heavy (non-hydrogen) atoms. The van der Waals surface area contributed by atoms with Crippen molar-refractivity contribution in [3.63, 3.8) is 0 Å². The Hall–Kier alpha value is -0.960. The van der Waals surface area contributed by atoms with E-state index in [0.717, 1.165) is 18.5 Å². The molecular weight excluding hydrogens is 215 g/mol. The molecule has 1 fully saturated rings. The summed E-state index contributed by atoms with van der Waals surface area (Å²) in [6.45, 7) is 3.14. The molecule has 0 amide bonds. The number of nitrogens with one attached hydrogen (secondary N) is 1. The summed E-state index contributed by atoms with van der Waals surface area (Å²) in [6.07, 6.45) is 9.28. The molecule has 1 aliphatic carbocycles. The van der Waals surface area contributed by atoms with Gasteiger partial charge in [0.05, 0.1) is 6.20 Å². The van der Waals surface area contributed by atoms with Crippen molar-refractivity contribution in [2.75, 3.05) is 6.54 Å². The van der Waals surface area contributed by atoms with E-state index in [4.69, 9.17) is 0 Å². The van der Waals surface area contributed by atoms with E-state index in [9.17, 15) is 4.39 Å². The second kappa shape index (κ2) is 6.10. The highest BCUT2D eigenvalue weighted by Gasteiger charge is 2.26. The summed E-state index contributed by atoms with van der Waals surface area (Å²) < 4.78 is 13.2. The Labute approximate surface area is 103 Å². The van der Waals surface area contributed by atoms with Crippen molar-refractivity contribution in [2.24, 2.45) is 5.92 Å². The lowest BCUT2D eigenvalue weighted by atomic mass is 9.92. The number of hydrogen-bond donors (Lipinski definition) is 1. The Morgan fingerprint density at radius 2 is 2.18 bits per heavy atom. The molecule has 1 unspecified atom stereocenters. The van der Waals surface area contributed by atoms with Gasteiger partial charge < -0.3 is 5.32 Å². The zero-order valence-electron chi connectivity index (χ0n) is 10.5. The fraction of sp³-hybridized carbons (Fsp3) is 0.643. The molecule has 1 atom stereocenters. The average molecular weight is 236 g/mol. The zero-order valence-corrected chi connectivity index (χ0v) is 10.5. The maximum atomic E-state index is 13.2. The molecular formula is C14H21FN2. The van der Waals surface area contributed by atoms with Gasteiger partial charge in [0.2, 0.25) is 0 Å². The van der Waals surface area contributed by atoms with Gasteiger partial charge in [-0.05, 0) is 43.4 Å². The Morgan fingerprint density at radius 3 is 2.82 bits per heavy atom. The molecule has 1 heterocycles. The van der Waals surface area contributed by atoms with Crippen molar-refractivity contribution < 1.29 is 4.39 Å². The minimum Gasteiger partial charge on any atom is -0.310 e. The molecule has 2 rings (SSSR count). The van der Waals surface area contributed by atoms with Gasteiger partial charge in [-0.3, -0.25) is 4.98 Å². The monoisotopic (exact) mass is 236 g/mol. The standard InChI is InChI=1S/C14H21FN2/c1-2-7-17-14(11-5-3-4-6-11)12-8-13(15)10-16-9-12/h8-11,14,17H,2-7H2,1H3. The smallest absolute Gasteiger partial charge is 0.141 e. The molecule has 0 spiro atoms. The molecule has 1 aliphatic rings. The first-order valence-electron chi connectivity index (χ1n) is 6.65. The lowest BCUT2D eigenvalue weighted by Gasteiger charge is -2.25. The third-order valence-electron chi connectivity index (χ3n) is 3.57. The lowest BCUT2D eigenvalue weighted by molar-refractivity contribution is 0.366. The lowest BCUT2D eigenvalue weighted by Crippen LogP contribution is -2.28. The van der Waals surface area contributed by atoms with E-state index in [0.29, 0.717) is 5.92 Å². The quantitative estimate of drug-likeness (QED) is 0.847. The highest BCUT2D eigenvalue weighted by Crippen LogP contribution is 2.35. The van der Waals surface area contributed by atoms with Crippen molar-refractivity contribution >= 4 is 0 Å². The van der Waals surface area contributed by atoms with E-state index in [1.54, 1.807) is 12.3 Å². The van der Waals surface area contributed by atoms with Gasteiger partial charge in [-0.1, -0.05) is 19.8 Å². The van der Waals surface area contributed by atoms with Gasteiger partial charge in [0, 0.05) is 12.2 Å². The van der Waals surface area contributed by atoms with Crippen molar-refractivity contribution in [1.29, 1.82) is 0 Å². The van der Waals surface area contributed by atoms with Crippen LogP contribution < -0.4 is 5.32 Å². The Bertz CT molecular complexity index is 348. The van der Waals surface area contributed by atoms with Crippen molar-refractivity contribution in [3.05, 3.63) is 29.8 Å². The van der Waals surface area contributed by atoms with Crippen molar-refractivity contribution in [1.82, 2.24) is 10.3 Å². The maximum Gasteiger partial charge on any atom is 0.141 e. The van der Waals surface area contributed by atoms with E-state index in [1.807, 2.05) is 0 Å². The van der Waals surface area contributed by atoms with Crippen LogP contribution in [0.2, 0.25) is 0 Å². The molecule has 94 valence electrons. The van der Waals surface area contributed by atoms with Crippen LogP contribution >= 0.6 is 0 Å². The van der Waals surface area contributed by atoms with Gasteiger partial charge in [-0.25, -0.2) is 4.39 Å². The van der Waals surface area contributed by atoms with Crippen LogP contribution in [0.15, 0.2) is 18.5 Å². The Balaban J connectivity index is 2.13. The fourth-order valence-electron chi connectivity index (χ4n) is 2.75. The molecule has 0 radical (unpaired) electrons. The van der Waals surface area contributed by atoms with E-state index in [1.165, 1.54) is 31.9 Å². The largest absolute Gasteiger partial charge is 0.310 e. The molecule has 2 nitrogen and oxygen atoms in total. The predicted octanol–water partition coefficient (Wildman–Crippen LogP) is 3.45. The highest BCUT2D eigenvalue weighted by atomic mass is 19.1. The number of hydrogen-bond acceptors (Lipinski definition) is 2. The van der Waals surface area contributed by atoms with Crippen LogP contribution in [0, 0.1) is 11.7 Å². The van der Waals surface area contributed by atoms with Gasteiger partial charge in [0.1, 0.15) is 5.82 Å². The summed E-state index contributed by atoms with van der Waals surface area (Å²) in [7, 11) is 0. The van der Waals surface area contributed by atoms with Crippen LogP contribution in [0.3, 0.4) is 0 Å². The van der Waals surface area contributed by atoms with Gasteiger partial charge in [0.25, 0.3) is 0 Å². The van der Waals surface area contributed by atoms with Gasteiger partial charge >= 0.3 is 0 Å². The summed E-state index contributed by atoms with van der Waals surface area (Å²) in [5.41, 5.74) is 1.00. The number of nitrogens with zero attached hydrogens (tertiary/aromatic N) is 1. The van der Waals surface area contributed by atoms with Crippen molar-refractivity contribution in [2.45, 2.75) is 45.1 Å². The topological polar surface area (TPSA) is 24.9 Å².